The highest BCUT2D eigenvalue weighted by atomic mass is 32.2. The smallest absolute Gasteiger partial charge is 0.282 e. The molecule has 156 valence electrons. The van der Waals surface area contributed by atoms with E-state index in [1.807, 2.05) is 6.92 Å². The average Bonchev–Trinajstić information content (AvgIpc) is 3.38. The molecule has 3 rings (SSSR count). The predicted octanol–water partition coefficient (Wildman–Crippen LogP) is -0.571. The lowest BCUT2D eigenvalue weighted by molar-refractivity contribution is -0.925. The van der Waals surface area contributed by atoms with Gasteiger partial charge in [-0.05, 0) is 51.0 Å². The van der Waals surface area contributed by atoms with Crippen LogP contribution in [-0.4, -0.2) is 63.4 Å². The summed E-state index contributed by atoms with van der Waals surface area (Å²) in [4.78, 5) is 14.4. The molecular weight excluding hydrogens is 376 g/mol. The van der Waals surface area contributed by atoms with Gasteiger partial charge in [0.15, 0.2) is 6.04 Å². The molecule has 1 aromatic rings. The minimum atomic E-state index is -3.41. The Kier molecular flexibility index (Phi) is 7.09. The number of amides is 1. The van der Waals surface area contributed by atoms with Crippen LogP contribution in [0, 0.1) is 0 Å². The summed E-state index contributed by atoms with van der Waals surface area (Å²) in [5.74, 6) is -0.0498. The summed E-state index contributed by atoms with van der Waals surface area (Å²) in [5.41, 5.74) is 0.632. The van der Waals surface area contributed by atoms with Gasteiger partial charge in [-0.2, -0.15) is 4.31 Å². The molecular formula is C20H34N4O3S+2. The van der Waals surface area contributed by atoms with Crippen LogP contribution in [0.3, 0.4) is 0 Å². The first-order chi connectivity index (χ1) is 13.4. The maximum absolute atomic E-state index is 12.6. The van der Waals surface area contributed by atoms with Crippen molar-refractivity contribution in [2.75, 3.05) is 38.0 Å². The van der Waals surface area contributed by atoms with Crippen LogP contribution in [-0.2, 0) is 14.8 Å². The Bertz CT molecular complexity index is 760. The van der Waals surface area contributed by atoms with Crippen LogP contribution < -0.4 is 15.5 Å². The molecule has 1 unspecified atom stereocenters. The molecule has 7 nitrogen and oxygen atoms in total. The molecule has 2 fully saturated rings. The molecule has 1 aromatic carbocycles. The number of carbonyl (C=O) groups excluding carboxylic acids is 1. The Labute approximate surface area is 168 Å². The van der Waals surface area contributed by atoms with Gasteiger partial charge in [0.2, 0.25) is 10.0 Å². The number of quaternary nitrogens is 2. The molecule has 0 aromatic heterocycles. The van der Waals surface area contributed by atoms with Crippen LogP contribution in [0.1, 0.15) is 39.5 Å². The second kappa shape index (κ2) is 9.35. The molecule has 0 radical (unpaired) electrons. The SMILES string of the molecule is CC[NH+]1CCC[C@@H]1C[NH2+][C@@H](C)C(=O)Nc1ccc(S(=O)(=O)N2CCCC2)cc1. The second-order valence-corrected chi connectivity index (χ2v) is 9.92. The van der Waals surface area contributed by atoms with E-state index in [1.54, 1.807) is 29.2 Å². The van der Waals surface area contributed by atoms with Crippen LogP contribution in [0.15, 0.2) is 29.2 Å². The Morgan fingerprint density at radius 2 is 1.93 bits per heavy atom. The number of likely N-dealkylation sites (tertiary alicyclic amines) is 1. The van der Waals surface area contributed by atoms with Gasteiger partial charge in [-0.25, -0.2) is 8.42 Å². The number of hydrogen-bond donors (Lipinski definition) is 3. The van der Waals surface area contributed by atoms with Gasteiger partial charge in [0.1, 0.15) is 12.6 Å². The highest BCUT2D eigenvalue weighted by Crippen LogP contribution is 2.22. The van der Waals surface area contributed by atoms with Gasteiger partial charge in [-0.15, -0.1) is 0 Å². The summed E-state index contributed by atoms with van der Waals surface area (Å²) in [5, 5.41) is 5.02. The topological polar surface area (TPSA) is 87.5 Å². The lowest BCUT2D eigenvalue weighted by Crippen LogP contribution is -3.16. The van der Waals surface area contributed by atoms with Gasteiger partial charge in [-0.3, -0.25) is 4.79 Å². The summed E-state index contributed by atoms with van der Waals surface area (Å²) in [7, 11) is -3.41. The Hall–Kier alpha value is -1.48. The van der Waals surface area contributed by atoms with Crippen molar-refractivity contribution in [2.24, 2.45) is 0 Å². The first-order valence-corrected chi connectivity index (χ1v) is 11.9. The third-order valence-corrected chi connectivity index (χ3v) is 8.01. The fourth-order valence-electron chi connectivity index (χ4n) is 4.25. The molecule has 2 heterocycles. The average molecular weight is 411 g/mol. The molecule has 4 N–H and O–H groups in total. The van der Waals surface area contributed by atoms with Crippen molar-refractivity contribution < 1.29 is 23.4 Å². The minimum Gasteiger partial charge on any atom is -0.331 e. The van der Waals surface area contributed by atoms with Crippen LogP contribution in [0.2, 0.25) is 0 Å². The van der Waals surface area contributed by atoms with Gasteiger partial charge in [0.25, 0.3) is 5.91 Å². The van der Waals surface area contributed by atoms with Crippen molar-refractivity contribution in [3.63, 3.8) is 0 Å². The second-order valence-electron chi connectivity index (χ2n) is 7.99. The summed E-state index contributed by atoms with van der Waals surface area (Å²) < 4.78 is 26.7. The van der Waals surface area contributed by atoms with Crippen molar-refractivity contribution in [2.45, 2.75) is 56.5 Å². The number of hydrogen-bond acceptors (Lipinski definition) is 3. The molecule has 2 aliphatic heterocycles. The van der Waals surface area contributed by atoms with Crippen molar-refractivity contribution in [3.8, 4) is 0 Å². The maximum atomic E-state index is 12.6. The van der Waals surface area contributed by atoms with E-state index in [2.05, 4.69) is 17.6 Å². The first kappa shape index (κ1) is 21.2. The van der Waals surface area contributed by atoms with E-state index in [1.165, 1.54) is 23.7 Å². The fraction of sp³-hybridized carbons (Fsp3) is 0.650. The molecule has 1 amide bonds. The fourth-order valence-corrected chi connectivity index (χ4v) is 5.77. The molecule has 3 atom stereocenters. The Morgan fingerprint density at radius 3 is 2.57 bits per heavy atom. The number of benzene rings is 1. The van der Waals surface area contributed by atoms with E-state index in [9.17, 15) is 13.2 Å². The molecule has 0 saturated carbocycles. The predicted molar refractivity (Wildman–Crippen MR) is 109 cm³/mol. The van der Waals surface area contributed by atoms with E-state index < -0.39 is 10.0 Å². The van der Waals surface area contributed by atoms with Gasteiger partial charge in [0, 0.05) is 31.6 Å². The molecule has 2 aliphatic rings. The monoisotopic (exact) mass is 410 g/mol. The van der Waals surface area contributed by atoms with Crippen LogP contribution in [0.25, 0.3) is 0 Å². The van der Waals surface area contributed by atoms with E-state index in [-0.39, 0.29) is 16.8 Å². The van der Waals surface area contributed by atoms with Crippen molar-refractivity contribution in [1.82, 2.24) is 4.31 Å². The number of likely N-dealkylation sites (N-methyl/N-ethyl adjacent to an activating group) is 1. The van der Waals surface area contributed by atoms with Crippen LogP contribution >= 0.6 is 0 Å². The molecule has 28 heavy (non-hydrogen) atoms. The van der Waals surface area contributed by atoms with Crippen LogP contribution in [0.4, 0.5) is 5.69 Å². The maximum Gasteiger partial charge on any atom is 0.282 e. The number of nitrogens with two attached hydrogens (primary N) is 1. The third kappa shape index (κ3) is 4.92. The van der Waals surface area contributed by atoms with Gasteiger partial charge < -0.3 is 15.5 Å². The van der Waals surface area contributed by atoms with E-state index in [0.717, 1.165) is 25.9 Å². The molecule has 8 heteroatoms. The largest absolute Gasteiger partial charge is 0.331 e. The Morgan fingerprint density at radius 1 is 1.25 bits per heavy atom. The van der Waals surface area contributed by atoms with E-state index >= 15 is 0 Å². The lowest BCUT2D eigenvalue weighted by Gasteiger charge is -2.20. The summed E-state index contributed by atoms with van der Waals surface area (Å²) in [6.45, 7) is 8.66. The highest BCUT2D eigenvalue weighted by Gasteiger charge is 2.30. The van der Waals surface area contributed by atoms with Gasteiger partial charge in [0.05, 0.1) is 18.0 Å². The summed E-state index contributed by atoms with van der Waals surface area (Å²) in [6.07, 6.45) is 4.34. The highest BCUT2D eigenvalue weighted by molar-refractivity contribution is 7.89. The first-order valence-electron chi connectivity index (χ1n) is 10.5. The van der Waals surface area contributed by atoms with E-state index in [4.69, 9.17) is 0 Å². The van der Waals surface area contributed by atoms with Crippen molar-refractivity contribution >= 4 is 21.6 Å². The number of nitrogens with one attached hydrogen (secondary N) is 2. The zero-order valence-electron chi connectivity index (χ0n) is 17.0. The van der Waals surface area contributed by atoms with Gasteiger partial charge >= 0.3 is 0 Å². The number of rotatable bonds is 8. The molecule has 0 aliphatic carbocycles. The number of nitrogens with zero attached hydrogens (tertiary/aromatic N) is 1. The van der Waals surface area contributed by atoms with Crippen LogP contribution in [0.5, 0.6) is 0 Å². The summed E-state index contributed by atoms with van der Waals surface area (Å²) in [6, 6.07) is 6.97. The number of anilines is 1. The zero-order chi connectivity index (χ0) is 20.1. The van der Waals surface area contributed by atoms with Gasteiger partial charge in [-0.1, -0.05) is 0 Å². The minimum absolute atomic E-state index is 0.0498. The quantitative estimate of drug-likeness (QED) is 0.536. The van der Waals surface area contributed by atoms with Crippen molar-refractivity contribution in [3.05, 3.63) is 24.3 Å². The molecule has 0 spiro atoms. The molecule has 2 saturated heterocycles. The normalized spacial score (nSPS) is 24.4. The Balaban J connectivity index is 1.52. The van der Waals surface area contributed by atoms with E-state index in [0.29, 0.717) is 24.8 Å². The number of carbonyl (C=O) groups is 1. The lowest BCUT2D eigenvalue weighted by atomic mass is 10.2. The zero-order valence-corrected chi connectivity index (χ0v) is 17.8. The molecule has 0 bridgehead atoms. The van der Waals surface area contributed by atoms with Crippen molar-refractivity contribution in [1.29, 1.82) is 0 Å². The summed E-state index contributed by atoms with van der Waals surface area (Å²) >= 11 is 0. The number of sulfonamides is 1. The third-order valence-electron chi connectivity index (χ3n) is 6.09. The standard InChI is InChI=1S/C20H32N4O3S/c1-3-23-12-6-7-18(23)15-21-16(2)20(25)22-17-8-10-19(11-9-17)28(26,27)24-13-4-5-14-24/h8-11,16,18,21H,3-7,12-15H2,1-2H3,(H,22,25)/p+2/t16-,18+/m0/s1.